The standard InChI is InChI=1S/C31H55.C7H7.2CH3.ClH.H3N.Sn/c1-3-5-7-9-11-13-15-17-19-22-26-30(31-28-24-21-25-29-31)27-23-20-18-16-14-12-10-8-6-4-2;1-7-5-3-2-4-6-7;;;;;/h21,24-25,28-29H,3-20,22-23,26-27H2,1-2H3;2-6H,1H2;2*1H3;1H;1H3;. The van der Waals surface area contributed by atoms with Crippen LogP contribution in [0.3, 0.4) is 0 Å². The summed E-state index contributed by atoms with van der Waals surface area (Å²) < 4.78 is 1.80. The number of unbranched alkanes of at least 4 members (excludes halogenated alkanes) is 18. The van der Waals surface area contributed by atoms with Gasteiger partial charge in [-0.3, -0.25) is 0 Å². The molecule has 0 aliphatic heterocycles. The first kappa shape index (κ1) is 42.5. The van der Waals surface area contributed by atoms with E-state index in [4.69, 9.17) is 0 Å². The predicted octanol–water partition coefficient (Wildman–Crippen LogP) is 11.0. The fraction of sp³-hybridized carbons (Fsp3) is 0.700. The van der Waals surface area contributed by atoms with E-state index in [0.29, 0.717) is 3.43 Å². The Morgan fingerprint density at radius 3 is 1.16 bits per heavy atom. The zero-order valence-corrected chi connectivity index (χ0v) is 33.0. The molecule has 0 aromatic heterocycles. The van der Waals surface area contributed by atoms with Crippen molar-refractivity contribution in [3.63, 3.8) is 0 Å². The van der Waals surface area contributed by atoms with Crippen LogP contribution in [0.1, 0.15) is 166 Å². The maximum Gasteiger partial charge on any atom is -0.369 e. The zero-order valence-electron chi connectivity index (χ0n) is 29.4. The van der Waals surface area contributed by atoms with Gasteiger partial charge < -0.3 is 18.6 Å². The van der Waals surface area contributed by atoms with Crippen molar-refractivity contribution in [1.82, 2.24) is 6.15 Å². The molecular weight excluding hydrogens is 649 g/mol. The first-order valence-electron chi connectivity index (χ1n) is 18.1. The van der Waals surface area contributed by atoms with Crippen LogP contribution in [-0.4, -0.2) is 18.4 Å². The number of quaternary nitrogens is 1. The molecule has 2 rings (SSSR count). The molecule has 0 aliphatic rings. The molecular formula is C40H72ClNSn. The van der Waals surface area contributed by atoms with Gasteiger partial charge in [-0.2, -0.15) is 0 Å². The summed E-state index contributed by atoms with van der Waals surface area (Å²) in [4.78, 5) is 5.59. The molecule has 0 amide bonds. The van der Waals surface area contributed by atoms with Gasteiger partial charge in [0.2, 0.25) is 0 Å². The van der Waals surface area contributed by atoms with Crippen molar-refractivity contribution in [2.45, 2.75) is 173 Å². The van der Waals surface area contributed by atoms with Gasteiger partial charge in [0.1, 0.15) is 0 Å². The number of halogens is 1. The molecule has 2 aromatic rings. The van der Waals surface area contributed by atoms with Crippen LogP contribution in [0.5, 0.6) is 0 Å². The first-order valence-corrected chi connectivity index (χ1v) is 27.3. The van der Waals surface area contributed by atoms with Crippen molar-refractivity contribution < 1.29 is 12.4 Å². The molecule has 0 fully saturated rings. The SMILES string of the molecule is CCCCCCCCCCCC[C](CCCCCCCCCCCC)(c1ccccc1)[Sn]([CH3])([CH3])[CH2]c1ccccc1.[Cl-].[NH4+]. The second-order valence-corrected chi connectivity index (χ2v) is 28.4. The van der Waals surface area contributed by atoms with Gasteiger partial charge in [-0.05, 0) is 0 Å². The number of rotatable bonds is 26. The van der Waals surface area contributed by atoms with Crippen LogP contribution in [0, 0.1) is 0 Å². The molecule has 3 heteroatoms. The summed E-state index contributed by atoms with van der Waals surface area (Å²) in [6.07, 6.45) is 31.4. The quantitative estimate of drug-likeness (QED) is 0.0742. The van der Waals surface area contributed by atoms with Crippen LogP contribution in [0.25, 0.3) is 0 Å². The summed E-state index contributed by atoms with van der Waals surface area (Å²) >= 11 is -2.60. The summed E-state index contributed by atoms with van der Waals surface area (Å²) in [6.45, 7) is 4.63. The average molecular weight is 721 g/mol. The molecule has 1 nitrogen and oxygen atoms in total. The molecule has 0 bridgehead atoms. The average Bonchev–Trinajstić information content (AvgIpc) is 2.98. The third-order valence-electron chi connectivity index (χ3n) is 10.0. The molecule has 0 atom stereocenters. The van der Waals surface area contributed by atoms with Crippen molar-refractivity contribution in [2.24, 2.45) is 0 Å². The molecule has 0 spiro atoms. The maximum absolute atomic E-state index is 2.79. The van der Waals surface area contributed by atoms with Crippen LogP contribution in [0.2, 0.25) is 9.88 Å². The zero-order chi connectivity index (χ0) is 29.5. The van der Waals surface area contributed by atoms with Crippen molar-refractivity contribution in [3.05, 3.63) is 71.8 Å². The van der Waals surface area contributed by atoms with Gasteiger partial charge >= 0.3 is 249 Å². The number of hydrogen-bond donors (Lipinski definition) is 1. The van der Waals surface area contributed by atoms with Crippen molar-refractivity contribution in [2.75, 3.05) is 0 Å². The Labute approximate surface area is 280 Å². The Bertz CT molecular complexity index is 829. The molecule has 0 radical (unpaired) electrons. The van der Waals surface area contributed by atoms with Crippen LogP contribution < -0.4 is 18.6 Å². The Morgan fingerprint density at radius 1 is 0.465 bits per heavy atom. The third kappa shape index (κ3) is 17.1. The molecule has 43 heavy (non-hydrogen) atoms. The number of benzene rings is 2. The normalized spacial score (nSPS) is 11.6. The molecule has 0 aliphatic carbocycles. The van der Waals surface area contributed by atoms with E-state index in [2.05, 4.69) is 84.4 Å². The smallest absolute Gasteiger partial charge is 0.369 e. The van der Waals surface area contributed by atoms with E-state index in [1.807, 2.05) is 0 Å². The predicted molar refractivity (Wildman–Crippen MR) is 195 cm³/mol. The molecule has 4 N–H and O–H groups in total. The summed E-state index contributed by atoms with van der Waals surface area (Å²) in [7, 11) is 0. The van der Waals surface area contributed by atoms with Crippen molar-refractivity contribution in [3.8, 4) is 0 Å². The van der Waals surface area contributed by atoms with Gasteiger partial charge in [0.25, 0.3) is 0 Å². The Morgan fingerprint density at radius 2 is 0.791 bits per heavy atom. The minimum atomic E-state index is -2.60. The van der Waals surface area contributed by atoms with E-state index >= 15 is 0 Å². The molecule has 248 valence electrons. The monoisotopic (exact) mass is 721 g/mol. The van der Waals surface area contributed by atoms with Crippen molar-refractivity contribution >= 4 is 18.4 Å². The molecule has 0 heterocycles. The van der Waals surface area contributed by atoms with Gasteiger partial charge in [0.05, 0.1) is 0 Å². The Balaban J connectivity index is 0.00000882. The van der Waals surface area contributed by atoms with E-state index < -0.39 is 18.4 Å². The first-order chi connectivity index (χ1) is 20.1. The summed E-state index contributed by atoms with van der Waals surface area (Å²) in [6, 6.07) is 23.4. The van der Waals surface area contributed by atoms with Gasteiger partial charge in [-0.25, -0.2) is 0 Å². The van der Waals surface area contributed by atoms with Crippen molar-refractivity contribution in [1.29, 1.82) is 0 Å². The van der Waals surface area contributed by atoms with Crippen LogP contribution in [0.4, 0.5) is 0 Å². The van der Waals surface area contributed by atoms with Crippen LogP contribution >= 0.6 is 0 Å². The Kier molecular flexibility index (Phi) is 26.4. The van der Waals surface area contributed by atoms with Gasteiger partial charge in [0.15, 0.2) is 0 Å². The van der Waals surface area contributed by atoms with E-state index in [-0.39, 0.29) is 18.6 Å². The number of hydrogen-bond acceptors (Lipinski definition) is 0. The van der Waals surface area contributed by atoms with Gasteiger partial charge in [-0.15, -0.1) is 0 Å². The second kappa shape index (κ2) is 26.7. The summed E-state index contributed by atoms with van der Waals surface area (Å²) in [5.41, 5.74) is 3.27. The largest absolute Gasteiger partial charge is 1.00 e. The molecule has 0 saturated heterocycles. The van der Waals surface area contributed by atoms with Gasteiger partial charge in [0, 0.05) is 0 Å². The van der Waals surface area contributed by atoms with E-state index in [1.54, 1.807) is 11.1 Å². The summed E-state index contributed by atoms with van der Waals surface area (Å²) in [5.74, 6) is 0. The van der Waals surface area contributed by atoms with Crippen LogP contribution in [-0.2, 0) is 7.87 Å². The summed E-state index contributed by atoms with van der Waals surface area (Å²) in [5, 5.41) is 0. The maximum atomic E-state index is 2.79. The fourth-order valence-electron chi connectivity index (χ4n) is 7.34. The van der Waals surface area contributed by atoms with E-state index in [9.17, 15) is 0 Å². The Hall–Kier alpha value is -0.511. The topological polar surface area (TPSA) is 36.5 Å². The minimum Gasteiger partial charge on any atom is -1.00 e. The van der Waals surface area contributed by atoms with E-state index in [1.165, 1.54) is 146 Å². The minimum absolute atomic E-state index is 0. The fourth-order valence-corrected chi connectivity index (χ4v) is 19.5. The van der Waals surface area contributed by atoms with Gasteiger partial charge in [-0.1, -0.05) is 13.8 Å². The molecule has 0 saturated carbocycles. The van der Waals surface area contributed by atoms with E-state index in [0.717, 1.165) is 0 Å². The van der Waals surface area contributed by atoms with Crippen LogP contribution in [0.15, 0.2) is 60.7 Å². The molecule has 0 unspecified atom stereocenters. The third-order valence-corrected chi connectivity index (χ3v) is 23.4. The second-order valence-electron chi connectivity index (χ2n) is 13.9. The molecule has 2 aromatic carbocycles.